The second kappa shape index (κ2) is 5.91. The van der Waals surface area contributed by atoms with Crippen LogP contribution in [0.25, 0.3) is 10.9 Å². The van der Waals surface area contributed by atoms with E-state index in [-0.39, 0.29) is 5.43 Å². The van der Waals surface area contributed by atoms with Crippen molar-refractivity contribution in [3.8, 4) is 0 Å². The second-order valence-corrected chi connectivity index (χ2v) is 6.78. The number of benzene rings is 2. The summed E-state index contributed by atoms with van der Waals surface area (Å²) in [5.41, 5.74) is 5.98. The Kier molecular flexibility index (Phi) is 3.73. The van der Waals surface area contributed by atoms with Gasteiger partial charge in [0.05, 0.1) is 5.52 Å². The van der Waals surface area contributed by atoms with E-state index in [4.69, 9.17) is 0 Å². The number of hydrogen-bond acceptors (Lipinski definition) is 2. The fourth-order valence-corrected chi connectivity index (χ4v) is 3.73. The van der Waals surface area contributed by atoms with Crippen molar-refractivity contribution in [1.29, 1.82) is 0 Å². The maximum atomic E-state index is 12.9. The van der Waals surface area contributed by atoms with Crippen molar-refractivity contribution < 1.29 is 0 Å². The minimum Gasteiger partial charge on any atom is -0.347 e. The first-order valence-electron chi connectivity index (χ1n) is 8.51. The van der Waals surface area contributed by atoms with Crippen LogP contribution in [0.15, 0.2) is 53.3 Å². The number of hydrogen-bond donors (Lipinski definition) is 0. The van der Waals surface area contributed by atoms with Gasteiger partial charge in [0.2, 0.25) is 0 Å². The van der Waals surface area contributed by atoms with E-state index < -0.39 is 0 Å². The zero-order valence-electron chi connectivity index (χ0n) is 14.2. The molecule has 0 saturated heterocycles. The summed E-state index contributed by atoms with van der Waals surface area (Å²) in [5, 5.41) is 0.830. The normalized spacial score (nSPS) is 14.8. The molecule has 1 aliphatic heterocycles. The molecule has 0 unspecified atom stereocenters. The van der Waals surface area contributed by atoms with E-state index in [9.17, 15) is 4.79 Å². The lowest BCUT2D eigenvalue weighted by molar-refractivity contribution is 0.241. The van der Waals surface area contributed by atoms with Crippen LogP contribution in [0.1, 0.15) is 22.4 Å². The standard InChI is InChI=1S/C21H22N2O/c1-15-7-9-16(10-8-15)13-23-12-11-20-18(14-23)21(24)17-5-3-4-6-19(17)22(20)2/h3-10H,11-14H2,1-2H3. The highest BCUT2D eigenvalue weighted by molar-refractivity contribution is 5.80. The van der Waals surface area contributed by atoms with Gasteiger partial charge in [-0.3, -0.25) is 9.69 Å². The van der Waals surface area contributed by atoms with Crippen molar-refractivity contribution >= 4 is 10.9 Å². The van der Waals surface area contributed by atoms with E-state index in [0.717, 1.165) is 42.5 Å². The molecular formula is C21H22N2O. The van der Waals surface area contributed by atoms with Gasteiger partial charge in [0.1, 0.15) is 0 Å². The molecule has 3 aromatic rings. The average molecular weight is 318 g/mol. The SMILES string of the molecule is Cc1ccc(CN2CCc3c(c(=O)c4ccccc4n3C)C2)cc1. The Bertz CT molecular complexity index is 954. The minimum absolute atomic E-state index is 0.201. The van der Waals surface area contributed by atoms with Gasteiger partial charge in [-0.15, -0.1) is 0 Å². The zero-order valence-corrected chi connectivity index (χ0v) is 14.2. The molecule has 122 valence electrons. The Morgan fingerprint density at radius 1 is 1.04 bits per heavy atom. The van der Waals surface area contributed by atoms with Gasteiger partial charge in [0.15, 0.2) is 5.43 Å². The smallest absolute Gasteiger partial charge is 0.194 e. The molecule has 1 aliphatic rings. The van der Waals surface area contributed by atoms with Crippen LogP contribution in [-0.4, -0.2) is 16.0 Å². The molecule has 0 fully saturated rings. The number of aromatic nitrogens is 1. The van der Waals surface area contributed by atoms with Crippen molar-refractivity contribution in [3.63, 3.8) is 0 Å². The lowest BCUT2D eigenvalue weighted by atomic mass is 10.0. The van der Waals surface area contributed by atoms with Gasteiger partial charge in [-0.2, -0.15) is 0 Å². The summed E-state index contributed by atoms with van der Waals surface area (Å²) < 4.78 is 2.20. The number of para-hydroxylation sites is 1. The quantitative estimate of drug-likeness (QED) is 0.723. The van der Waals surface area contributed by atoms with Gasteiger partial charge < -0.3 is 4.57 Å². The first-order chi connectivity index (χ1) is 11.6. The van der Waals surface area contributed by atoms with Crippen molar-refractivity contribution in [2.45, 2.75) is 26.4 Å². The molecule has 3 nitrogen and oxygen atoms in total. The predicted octanol–water partition coefficient (Wildman–Crippen LogP) is 3.41. The third kappa shape index (κ3) is 2.55. The first-order valence-corrected chi connectivity index (χ1v) is 8.51. The molecule has 0 radical (unpaired) electrons. The summed E-state index contributed by atoms with van der Waals surface area (Å²) in [5.74, 6) is 0. The molecule has 0 bridgehead atoms. The number of nitrogens with zero attached hydrogens (tertiary/aromatic N) is 2. The van der Waals surface area contributed by atoms with Crippen molar-refractivity contribution in [2.75, 3.05) is 6.54 Å². The summed E-state index contributed by atoms with van der Waals surface area (Å²) in [4.78, 5) is 15.3. The summed E-state index contributed by atoms with van der Waals surface area (Å²) in [6.07, 6.45) is 0.928. The van der Waals surface area contributed by atoms with Crippen molar-refractivity contribution in [3.05, 3.63) is 81.1 Å². The van der Waals surface area contributed by atoms with Crippen LogP contribution < -0.4 is 5.43 Å². The fraction of sp³-hybridized carbons (Fsp3) is 0.286. The van der Waals surface area contributed by atoms with E-state index in [1.807, 2.05) is 24.3 Å². The third-order valence-electron chi connectivity index (χ3n) is 5.11. The maximum absolute atomic E-state index is 12.9. The van der Waals surface area contributed by atoms with Gasteiger partial charge >= 0.3 is 0 Å². The van der Waals surface area contributed by atoms with Crippen molar-refractivity contribution in [1.82, 2.24) is 9.47 Å². The Morgan fingerprint density at radius 2 is 1.79 bits per heavy atom. The number of aryl methyl sites for hydroxylation is 2. The molecule has 0 N–H and O–H groups in total. The predicted molar refractivity (Wildman–Crippen MR) is 98.2 cm³/mol. The molecule has 0 aliphatic carbocycles. The Hall–Kier alpha value is -2.39. The Morgan fingerprint density at radius 3 is 2.58 bits per heavy atom. The number of pyridine rings is 1. The lowest BCUT2D eigenvalue weighted by Crippen LogP contribution is -2.35. The van der Waals surface area contributed by atoms with Crippen LogP contribution in [0.4, 0.5) is 0 Å². The zero-order chi connectivity index (χ0) is 16.7. The molecule has 2 aromatic carbocycles. The van der Waals surface area contributed by atoms with Gasteiger partial charge in [-0.1, -0.05) is 42.0 Å². The number of fused-ring (bicyclic) bond motifs is 2. The van der Waals surface area contributed by atoms with Gasteiger partial charge in [0, 0.05) is 49.7 Å². The van der Waals surface area contributed by atoms with Crippen LogP contribution >= 0.6 is 0 Å². The Labute approximate surface area is 142 Å². The molecule has 0 amide bonds. The molecule has 3 heteroatoms. The Balaban J connectivity index is 1.70. The molecule has 0 spiro atoms. The van der Waals surface area contributed by atoms with E-state index in [0.29, 0.717) is 0 Å². The molecular weight excluding hydrogens is 296 g/mol. The monoisotopic (exact) mass is 318 g/mol. The van der Waals surface area contributed by atoms with E-state index >= 15 is 0 Å². The lowest BCUT2D eigenvalue weighted by Gasteiger charge is -2.30. The van der Waals surface area contributed by atoms with Crippen LogP contribution in [0.2, 0.25) is 0 Å². The van der Waals surface area contributed by atoms with E-state index in [2.05, 4.69) is 47.7 Å². The van der Waals surface area contributed by atoms with E-state index in [1.165, 1.54) is 16.8 Å². The summed E-state index contributed by atoms with van der Waals surface area (Å²) in [7, 11) is 2.08. The van der Waals surface area contributed by atoms with Crippen LogP contribution in [0.3, 0.4) is 0 Å². The average Bonchev–Trinajstić information content (AvgIpc) is 2.62. The molecule has 1 aromatic heterocycles. The summed E-state index contributed by atoms with van der Waals surface area (Å²) in [6, 6.07) is 16.6. The second-order valence-electron chi connectivity index (χ2n) is 6.78. The fourth-order valence-electron chi connectivity index (χ4n) is 3.73. The minimum atomic E-state index is 0.201. The van der Waals surface area contributed by atoms with Crippen LogP contribution in [0, 0.1) is 6.92 Å². The first kappa shape index (κ1) is 15.2. The third-order valence-corrected chi connectivity index (χ3v) is 5.11. The molecule has 24 heavy (non-hydrogen) atoms. The van der Waals surface area contributed by atoms with Crippen molar-refractivity contribution in [2.24, 2.45) is 7.05 Å². The highest BCUT2D eigenvalue weighted by atomic mass is 16.1. The highest BCUT2D eigenvalue weighted by Gasteiger charge is 2.22. The summed E-state index contributed by atoms with van der Waals surface area (Å²) in [6.45, 7) is 4.73. The topological polar surface area (TPSA) is 25.2 Å². The van der Waals surface area contributed by atoms with Gasteiger partial charge in [0.25, 0.3) is 0 Å². The van der Waals surface area contributed by atoms with Crippen LogP contribution in [0.5, 0.6) is 0 Å². The van der Waals surface area contributed by atoms with Gasteiger partial charge in [-0.25, -0.2) is 0 Å². The molecule has 0 saturated carbocycles. The van der Waals surface area contributed by atoms with Crippen LogP contribution in [-0.2, 0) is 26.6 Å². The van der Waals surface area contributed by atoms with E-state index in [1.54, 1.807) is 0 Å². The number of rotatable bonds is 2. The maximum Gasteiger partial charge on any atom is 0.194 e. The largest absolute Gasteiger partial charge is 0.347 e. The van der Waals surface area contributed by atoms with Gasteiger partial charge in [-0.05, 0) is 24.6 Å². The molecule has 4 rings (SSSR count). The molecule has 0 atom stereocenters. The highest BCUT2D eigenvalue weighted by Crippen LogP contribution is 2.22. The molecule has 2 heterocycles. The summed E-state index contributed by atoms with van der Waals surface area (Å²) >= 11 is 0.